The van der Waals surface area contributed by atoms with E-state index in [2.05, 4.69) is 21.2 Å². The van der Waals surface area contributed by atoms with Gasteiger partial charge in [0.15, 0.2) is 11.5 Å². The van der Waals surface area contributed by atoms with E-state index in [1.807, 2.05) is 6.07 Å². The van der Waals surface area contributed by atoms with Crippen LogP contribution in [-0.4, -0.2) is 17.9 Å². The highest BCUT2D eigenvalue weighted by molar-refractivity contribution is 9.10. The Labute approximate surface area is 208 Å². The predicted octanol–water partition coefficient (Wildman–Crippen LogP) is 6.14. The summed E-state index contributed by atoms with van der Waals surface area (Å²) in [4.78, 5) is 22.9. The Kier molecular flexibility index (Phi) is 8.24. The topological polar surface area (TPSA) is 114 Å². The third-order valence-electron chi connectivity index (χ3n) is 4.57. The van der Waals surface area contributed by atoms with Gasteiger partial charge in [0, 0.05) is 27.3 Å². The molecule has 0 radical (unpaired) electrons. The third-order valence-corrected chi connectivity index (χ3v) is 5.49. The Balaban J connectivity index is 1.79. The molecule has 0 aliphatic heterocycles. The molecule has 3 aromatic carbocycles. The van der Waals surface area contributed by atoms with Crippen molar-refractivity contribution in [2.75, 3.05) is 12.4 Å². The van der Waals surface area contributed by atoms with E-state index in [1.54, 1.807) is 48.5 Å². The standard InChI is InChI=1S/C24H17BrClN3O5/c1-33-22-10-16(9-17(13-27)24(30)28-19-4-2-3-18(26)11-19)21(25)12-23(22)34-14-15-5-7-20(8-6-15)29(31)32/h2-12H,14H2,1H3,(H,28,30)/b17-9+. The third kappa shape index (κ3) is 6.34. The first kappa shape index (κ1) is 24.8. The molecule has 0 spiro atoms. The molecule has 172 valence electrons. The van der Waals surface area contributed by atoms with Crippen LogP contribution in [-0.2, 0) is 11.4 Å². The van der Waals surface area contributed by atoms with Crippen molar-refractivity contribution in [3.8, 4) is 17.6 Å². The maximum absolute atomic E-state index is 12.6. The van der Waals surface area contributed by atoms with Crippen LogP contribution in [0, 0.1) is 21.4 Å². The van der Waals surface area contributed by atoms with Crippen LogP contribution < -0.4 is 14.8 Å². The summed E-state index contributed by atoms with van der Waals surface area (Å²) in [7, 11) is 1.46. The zero-order valence-corrected chi connectivity index (χ0v) is 20.1. The number of halogens is 2. The maximum Gasteiger partial charge on any atom is 0.269 e. The van der Waals surface area contributed by atoms with E-state index in [0.29, 0.717) is 32.2 Å². The lowest BCUT2D eigenvalue weighted by Gasteiger charge is -2.13. The van der Waals surface area contributed by atoms with Crippen LogP contribution >= 0.6 is 27.5 Å². The van der Waals surface area contributed by atoms with Crippen LogP contribution in [0.1, 0.15) is 11.1 Å². The molecule has 0 aliphatic rings. The zero-order chi connectivity index (χ0) is 24.7. The average Bonchev–Trinajstić information content (AvgIpc) is 2.82. The number of nitriles is 1. The minimum Gasteiger partial charge on any atom is -0.493 e. The Morgan fingerprint density at radius 2 is 1.94 bits per heavy atom. The maximum atomic E-state index is 12.6. The number of nitro groups is 1. The summed E-state index contributed by atoms with van der Waals surface area (Å²) >= 11 is 9.37. The van der Waals surface area contributed by atoms with Crippen LogP contribution in [0.5, 0.6) is 11.5 Å². The van der Waals surface area contributed by atoms with Gasteiger partial charge in [-0.3, -0.25) is 14.9 Å². The van der Waals surface area contributed by atoms with Crippen LogP contribution in [0.15, 0.2) is 70.7 Å². The molecule has 0 aromatic heterocycles. The lowest BCUT2D eigenvalue weighted by Crippen LogP contribution is -2.13. The highest BCUT2D eigenvalue weighted by atomic mass is 79.9. The monoisotopic (exact) mass is 541 g/mol. The number of ether oxygens (including phenoxy) is 2. The fourth-order valence-corrected chi connectivity index (χ4v) is 3.50. The van der Waals surface area contributed by atoms with Crippen molar-refractivity contribution < 1.29 is 19.2 Å². The van der Waals surface area contributed by atoms with Gasteiger partial charge in [-0.2, -0.15) is 5.26 Å². The minimum absolute atomic E-state index is 0.00656. The molecule has 1 amide bonds. The molecule has 10 heteroatoms. The van der Waals surface area contributed by atoms with Gasteiger partial charge in [-0.25, -0.2) is 0 Å². The normalized spacial score (nSPS) is 10.8. The van der Waals surface area contributed by atoms with Gasteiger partial charge < -0.3 is 14.8 Å². The van der Waals surface area contributed by atoms with Crippen molar-refractivity contribution in [3.63, 3.8) is 0 Å². The van der Waals surface area contributed by atoms with Gasteiger partial charge in [0.25, 0.3) is 11.6 Å². The second-order valence-corrected chi connectivity index (χ2v) is 8.16. The predicted molar refractivity (Wildman–Crippen MR) is 132 cm³/mol. The number of anilines is 1. The van der Waals surface area contributed by atoms with E-state index in [0.717, 1.165) is 5.56 Å². The molecule has 0 saturated heterocycles. The van der Waals surface area contributed by atoms with Crippen LogP contribution in [0.4, 0.5) is 11.4 Å². The van der Waals surface area contributed by atoms with Gasteiger partial charge in [-0.1, -0.05) is 33.6 Å². The number of hydrogen-bond acceptors (Lipinski definition) is 6. The number of benzene rings is 3. The second kappa shape index (κ2) is 11.3. The summed E-state index contributed by atoms with van der Waals surface area (Å²) in [6, 6.07) is 17.8. The number of carbonyl (C=O) groups excluding carboxylic acids is 1. The Bertz CT molecular complexity index is 1300. The Morgan fingerprint density at radius 1 is 1.21 bits per heavy atom. The molecule has 3 aromatic rings. The molecule has 0 atom stereocenters. The molecule has 0 saturated carbocycles. The van der Waals surface area contributed by atoms with Crippen LogP contribution in [0.3, 0.4) is 0 Å². The summed E-state index contributed by atoms with van der Waals surface area (Å²) in [6.07, 6.45) is 1.42. The summed E-state index contributed by atoms with van der Waals surface area (Å²) in [5, 5.41) is 23.4. The number of methoxy groups -OCH3 is 1. The molecule has 34 heavy (non-hydrogen) atoms. The van der Waals surface area contributed by atoms with Gasteiger partial charge in [0.2, 0.25) is 0 Å². The molecule has 0 unspecified atom stereocenters. The van der Waals surface area contributed by atoms with E-state index in [-0.39, 0.29) is 17.9 Å². The number of carbonyl (C=O) groups is 1. The number of nitrogens with zero attached hydrogens (tertiary/aromatic N) is 2. The first-order valence-electron chi connectivity index (χ1n) is 9.73. The van der Waals surface area contributed by atoms with E-state index in [4.69, 9.17) is 21.1 Å². The van der Waals surface area contributed by atoms with E-state index >= 15 is 0 Å². The lowest BCUT2D eigenvalue weighted by molar-refractivity contribution is -0.384. The number of nitro benzene ring substituents is 1. The summed E-state index contributed by atoms with van der Waals surface area (Å²) < 4.78 is 11.8. The first-order chi connectivity index (χ1) is 16.3. The van der Waals surface area contributed by atoms with Crippen LogP contribution in [0.25, 0.3) is 6.08 Å². The fraction of sp³-hybridized carbons (Fsp3) is 0.0833. The molecule has 0 aliphatic carbocycles. The van der Waals surface area contributed by atoms with Crippen molar-refractivity contribution in [2.24, 2.45) is 0 Å². The van der Waals surface area contributed by atoms with Gasteiger partial charge in [0.05, 0.1) is 12.0 Å². The summed E-state index contributed by atoms with van der Waals surface area (Å²) in [5.74, 6) is 0.199. The van der Waals surface area contributed by atoms with Crippen molar-refractivity contribution in [2.45, 2.75) is 6.61 Å². The molecule has 0 heterocycles. The quantitative estimate of drug-likeness (QED) is 0.158. The molecule has 0 fully saturated rings. The van der Waals surface area contributed by atoms with Crippen molar-refractivity contribution in [3.05, 3.63) is 97.0 Å². The second-order valence-electron chi connectivity index (χ2n) is 6.87. The van der Waals surface area contributed by atoms with E-state index in [9.17, 15) is 20.2 Å². The SMILES string of the molecule is COc1cc(/C=C(\C#N)C(=O)Nc2cccc(Cl)c2)c(Br)cc1OCc1ccc([N+](=O)[O-])cc1. The Hall–Kier alpha value is -3.87. The lowest BCUT2D eigenvalue weighted by atomic mass is 10.1. The van der Waals surface area contributed by atoms with Crippen molar-refractivity contribution >= 4 is 50.9 Å². The van der Waals surface area contributed by atoms with Gasteiger partial charge >= 0.3 is 0 Å². The van der Waals surface area contributed by atoms with Gasteiger partial charge in [0.1, 0.15) is 18.2 Å². The van der Waals surface area contributed by atoms with E-state index in [1.165, 1.54) is 25.3 Å². The first-order valence-corrected chi connectivity index (χ1v) is 10.9. The van der Waals surface area contributed by atoms with Crippen molar-refractivity contribution in [1.29, 1.82) is 5.26 Å². The van der Waals surface area contributed by atoms with Crippen molar-refractivity contribution in [1.82, 2.24) is 0 Å². The zero-order valence-electron chi connectivity index (χ0n) is 17.7. The molecule has 8 nitrogen and oxygen atoms in total. The number of non-ortho nitro benzene ring substituents is 1. The number of amides is 1. The number of rotatable bonds is 8. The summed E-state index contributed by atoms with van der Waals surface area (Å²) in [6.45, 7) is 0.154. The molecule has 0 bridgehead atoms. The number of hydrogen-bond donors (Lipinski definition) is 1. The highest BCUT2D eigenvalue weighted by Crippen LogP contribution is 2.35. The molecule has 3 rings (SSSR count). The van der Waals surface area contributed by atoms with Gasteiger partial charge in [-0.05, 0) is 59.7 Å². The smallest absolute Gasteiger partial charge is 0.269 e. The summed E-state index contributed by atoms with van der Waals surface area (Å²) in [5.41, 5.74) is 1.59. The fourth-order valence-electron chi connectivity index (χ4n) is 2.88. The Morgan fingerprint density at radius 3 is 2.56 bits per heavy atom. The van der Waals surface area contributed by atoms with E-state index < -0.39 is 10.8 Å². The highest BCUT2D eigenvalue weighted by Gasteiger charge is 2.14. The molecular formula is C24H17BrClN3O5. The largest absolute Gasteiger partial charge is 0.493 e. The minimum atomic E-state index is -0.589. The van der Waals surface area contributed by atoms with Crippen LogP contribution in [0.2, 0.25) is 5.02 Å². The molecular weight excluding hydrogens is 526 g/mol. The average molecular weight is 543 g/mol. The van der Waals surface area contributed by atoms with Gasteiger partial charge in [-0.15, -0.1) is 0 Å². The molecule has 1 N–H and O–H groups in total. The number of nitrogens with one attached hydrogen (secondary N) is 1.